The second kappa shape index (κ2) is 3.08. The zero-order valence-corrected chi connectivity index (χ0v) is 9.48. The van der Waals surface area contributed by atoms with Gasteiger partial charge in [0.1, 0.15) is 0 Å². The number of hydrogen-bond donors (Lipinski definition) is 1. The van der Waals surface area contributed by atoms with E-state index in [2.05, 4.69) is 48.5 Å². The number of benzene rings is 3. The molecule has 0 bridgehead atoms. The topological polar surface area (TPSA) is 26.0 Å². The monoisotopic (exact) mass is 219 g/mol. The number of rotatable bonds is 0. The maximum atomic E-state index is 6.21. The first kappa shape index (κ1) is 9.20. The van der Waals surface area contributed by atoms with Crippen LogP contribution in [-0.2, 0) is 0 Å². The lowest BCUT2D eigenvalue weighted by atomic mass is 9.88. The predicted molar refractivity (Wildman–Crippen MR) is 72.7 cm³/mol. The molecule has 0 aromatic heterocycles. The third kappa shape index (κ3) is 1.12. The molecule has 2 N–H and O–H groups in total. The van der Waals surface area contributed by atoms with Gasteiger partial charge in [-0.3, -0.25) is 0 Å². The van der Waals surface area contributed by atoms with Crippen molar-refractivity contribution in [3.8, 4) is 0 Å². The Morgan fingerprint density at radius 2 is 1.65 bits per heavy atom. The van der Waals surface area contributed by atoms with Crippen LogP contribution in [0.2, 0.25) is 0 Å². The molecule has 1 heteroatoms. The van der Waals surface area contributed by atoms with Gasteiger partial charge in [-0.2, -0.15) is 0 Å². The van der Waals surface area contributed by atoms with Crippen LogP contribution in [0.25, 0.3) is 27.6 Å². The van der Waals surface area contributed by atoms with Crippen LogP contribution in [0, 0.1) is 0 Å². The van der Waals surface area contributed by atoms with Gasteiger partial charge in [-0.1, -0.05) is 48.5 Å². The Morgan fingerprint density at radius 1 is 0.882 bits per heavy atom. The molecule has 4 rings (SSSR count). The highest BCUT2D eigenvalue weighted by molar-refractivity contribution is 6.11. The lowest BCUT2D eigenvalue weighted by molar-refractivity contribution is 0.761. The van der Waals surface area contributed by atoms with E-state index in [-0.39, 0.29) is 6.04 Å². The minimum absolute atomic E-state index is 0.151. The molecule has 0 radical (unpaired) electrons. The maximum Gasteiger partial charge on any atom is 0.0336 e. The normalized spacial score (nSPS) is 18.5. The van der Waals surface area contributed by atoms with Crippen LogP contribution >= 0.6 is 0 Å². The standard InChI is InChI=1S/C16H13N/c17-14-9-7-12-5-4-10-2-1-3-11-6-8-13(14)16(12)15(10)11/h1-8,14H,9,17H2. The summed E-state index contributed by atoms with van der Waals surface area (Å²) in [5, 5.41) is 6.69. The molecule has 1 nitrogen and oxygen atoms in total. The van der Waals surface area contributed by atoms with Crippen LogP contribution in [0.4, 0.5) is 0 Å². The van der Waals surface area contributed by atoms with Crippen LogP contribution in [-0.4, -0.2) is 0 Å². The molecule has 1 unspecified atom stereocenters. The molecular weight excluding hydrogens is 206 g/mol. The fourth-order valence-electron chi connectivity index (χ4n) is 3.00. The zero-order valence-electron chi connectivity index (χ0n) is 9.48. The molecule has 1 atom stereocenters. The van der Waals surface area contributed by atoms with Gasteiger partial charge < -0.3 is 5.73 Å². The van der Waals surface area contributed by atoms with E-state index in [1.165, 1.54) is 32.3 Å². The molecule has 0 fully saturated rings. The molecule has 82 valence electrons. The summed E-state index contributed by atoms with van der Waals surface area (Å²) in [5.74, 6) is 0. The van der Waals surface area contributed by atoms with Crippen LogP contribution in [0.5, 0.6) is 0 Å². The van der Waals surface area contributed by atoms with Gasteiger partial charge in [0.15, 0.2) is 0 Å². The Morgan fingerprint density at radius 3 is 2.47 bits per heavy atom. The van der Waals surface area contributed by atoms with Gasteiger partial charge in [0, 0.05) is 6.04 Å². The third-order valence-corrected chi connectivity index (χ3v) is 3.83. The van der Waals surface area contributed by atoms with Gasteiger partial charge >= 0.3 is 0 Å². The average molecular weight is 219 g/mol. The number of nitrogens with two attached hydrogens (primary N) is 1. The third-order valence-electron chi connectivity index (χ3n) is 3.83. The summed E-state index contributed by atoms with van der Waals surface area (Å²) >= 11 is 0. The first-order chi connectivity index (χ1) is 8.34. The molecule has 17 heavy (non-hydrogen) atoms. The smallest absolute Gasteiger partial charge is 0.0336 e. The minimum Gasteiger partial charge on any atom is -0.324 e. The van der Waals surface area contributed by atoms with E-state index in [1.807, 2.05) is 0 Å². The molecule has 0 saturated carbocycles. The van der Waals surface area contributed by atoms with Crippen molar-refractivity contribution < 1.29 is 0 Å². The van der Waals surface area contributed by atoms with Gasteiger partial charge in [-0.05, 0) is 38.7 Å². The van der Waals surface area contributed by atoms with E-state index in [1.54, 1.807) is 0 Å². The zero-order chi connectivity index (χ0) is 11.4. The van der Waals surface area contributed by atoms with Gasteiger partial charge in [-0.15, -0.1) is 0 Å². The predicted octanol–water partition coefficient (Wildman–Crippen LogP) is 2.90. The second-order valence-corrected chi connectivity index (χ2v) is 4.81. The average Bonchev–Trinajstić information content (AvgIpc) is 2.38. The highest BCUT2D eigenvalue weighted by Crippen LogP contribution is 2.32. The molecule has 3 aromatic rings. The van der Waals surface area contributed by atoms with Crippen LogP contribution in [0.1, 0.15) is 18.0 Å². The summed E-state index contributed by atoms with van der Waals surface area (Å²) in [6.45, 7) is 0. The lowest BCUT2D eigenvalue weighted by Crippen LogP contribution is -2.19. The highest BCUT2D eigenvalue weighted by Gasteiger charge is 2.15. The summed E-state index contributed by atoms with van der Waals surface area (Å²) in [7, 11) is 0. The minimum atomic E-state index is 0.151. The number of hydrogen-bond acceptors (Lipinski definition) is 1. The molecule has 1 aliphatic carbocycles. The fourth-order valence-corrected chi connectivity index (χ4v) is 3.00. The summed E-state index contributed by atoms with van der Waals surface area (Å²) in [5.41, 5.74) is 7.50. The molecule has 0 amide bonds. The SMILES string of the molecule is NC1CC=c2ccc3cccc4ccc1c2c43. The summed E-state index contributed by atoms with van der Waals surface area (Å²) in [6, 6.07) is 15.4. The van der Waals surface area contributed by atoms with E-state index >= 15 is 0 Å². The molecule has 0 saturated heterocycles. The quantitative estimate of drug-likeness (QED) is 0.618. The van der Waals surface area contributed by atoms with E-state index in [4.69, 9.17) is 5.73 Å². The van der Waals surface area contributed by atoms with Crippen molar-refractivity contribution in [2.24, 2.45) is 5.73 Å². The molecular formula is C16H13N. The van der Waals surface area contributed by atoms with Crippen molar-refractivity contribution in [3.63, 3.8) is 0 Å². The van der Waals surface area contributed by atoms with Crippen molar-refractivity contribution in [1.29, 1.82) is 0 Å². The highest BCUT2D eigenvalue weighted by atomic mass is 14.6. The summed E-state index contributed by atoms with van der Waals surface area (Å²) in [6.07, 6.45) is 3.21. The Bertz CT molecular complexity index is 770. The maximum absolute atomic E-state index is 6.21. The Kier molecular flexibility index (Phi) is 1.67. The van der Waals surface area contributed by atoms with E-state index in [9.17, 15) is 0 Å². The first-order valence-electron chi connectivity index (χ1n) is 6.04. The van der Waals surface area contributed by atoms with E-state index in [0.717, 1.165) is 6.42 Å². The Labute approximate surface area is 99.5 Å². The van der Waals surface area contributed by atoms with Gasteiger partial charge in [0.25, 0.3) is 0 Å². The van der Waals surface area contributed by atoms with Crippen molar-refractivity contribution in [2.45, 2.75) is 12.5 Å². The van der Waals surface area contributed by atoms with Gasteiger partial charge in [-0.25, -0.2) is 0 Å². The first-order valence-corrected chi connectivity index (χ1v) is 6.04. The van der Waals surface area contributed by atoms with Crippen molar-refractivity contribution >= 4 is 27.6 Å². The summed E-state index contributed by atoms with van der Waals surface area (Å²) < 4.78 is 0. The van der Waals surface area contributed by atoms with Crippen molar-refractivity contribution in [3.05, 3.63) is 53.2 Å². The van der Waals surface area contributed by atoms with Crippen molar-refractivity contribution in [2.75, 3.05) is 0 Å². The lowest BCUT2D eigenvalue weighted by Gasteiger charge is -2.19. The molecule has 0 aliphatic heterocycles. The molecule has 1 aliphatic rings. The molecule has 0 heterocycles. The largest absolute Gasteiger partial charge is 0.324 e. The fraction of sp³-hybridized carbons (Fsp3) is 0.125. The van der Waals surface area contributed by atoms with Crippen LogP contribution < -0.4 is 11.0 Å². The van der Waals surface area contributed by atoms with Gasteiger partial charge in [0.05, 0.1) is 0 Å². The van der Waals surface area contributed by atoms with E-state index in [0.29, 0.717) is 0 Å². The summed E-state index contributed by atoms with van der Waals surface area (Å²) in [4.78, 5) is 0. The Balaban J connectivity index is 2.40. The van der Waals surface area contributed by atoms with Gasteiger partial charge in [0.2, 0.25) is 0 Å². The van der Waals surface area contributed by atoms with Crippen LogP contribution in [0.3, 0.4) is 0 Å². The van der Waals surface area contributed by atoms with Crippen LogP contribution in [0.15, 0.2) is 42.5 Å². The van der Waals surface area contributed by atoms with Crippen molar-refractivity contribution in [1.82, 2.24) is 0 Å². The van der Waals surface area contributed by atoms with E-state index < -0.39 is 0 Å². The molecule has 3 aromatic carbocycles. The molecule has 0 spiro atoms. The second-order valence-electron chi connectivity index (χ2n) is 4.81. The Hall–Kier alpha value is -1.86.